The second-order valence-corrected chi connectivity index (χ2v) is 10.6. The lowest BCUT2D eigenvalue weighted by atomic mass is 9.51. The summed E-state index contributed by atoms with van der Waals surface area (Å²) in [4.78, 5) is 30.2. The number of amides is 2. The van der Waals surface area contributed by atoms with Gasteiger partial charge in [-0.1, -0.05) is 51.1 Å². The van der Waals surface area contributed by atoms with Crippen LogP contribution < -0.4 is 4.90 Å². The molecule has 0 spiro atoms. The van der Waals surface area contributed by atoms with Crippen molar-refractivity contribution in [2.45, 2.75) is 45.1 Å². The lowest BCUT2D eigenvalue weighted by Crippen LogP contribution is -2.64. The van der Waals surface area contributed by atoms with E-state index in [1.807, 2.05) is 41.3 Å². The molecule has 2 amide bonds. The Labute approximate surface area is 207 Å². The Bertz CT molecular complexity index is 1280. The van der Waals surface area contributed by atoms with Crippen LogP contribution in [0.5, 0.6) is 5.75 Å². The zero-order valence-corrected chi connectivity index (χ0v) is 20.8. The summed E-state index contributed by atoms with van der Waals surface area (Å²) in [5, 5.41) is 10.6. The molecule has 3 aromatic rings. The minimum Gasteiger partial charge on any atom is -0.508 e. The van der Waals surface area contributed by atoms with E-state index in [-0.39, 0.29) is 28.7 Å². The number of benzene rings is 3. The molecule has 5 heteroatoms. The zero-order valence-electron chi connectivity index (χ0n) is 20.8. The molecule has 2 bridgehead atoms. The minimum absolute atomic E-state index is 0.0277. The molecule has 5 rings (SSSR count). The summed E-state index contributed by atoms with van der Waals surface area (Å²) < 4.78 is 0. The van der Waals surface area contributed by atoms with Gasteiger partial charge in [0, 0.05) is 41.9 Å². The number of rotatable bonds is 3. The predicted octanol–water partition coefficient (Wildman–Crippen LogP) is 5.42. The van der Waals surface area contributed by atoms with Crippen molar-refractivity contribution >= 4 is 17.5 Å². The highest BCUT2D eigenvalue weighted by atomic mass is 16.3. The van der Waals surface area contributed by atoms with E-state index in [9.17, 15) is 14.7 Å². The molecule has 1 fully saturated rings. The number of hydrogen-bond acceptors (Lipinski definition) is 3. The lowest BCUT2D eigenvalue weighted by Gasteiger charge is -2.60. The van der Waals surface area contributed by atoms with Gasteiger partial charge in [-0.2, -0.15) is 0 Å². The third-order valence-electron chi connectivity index (χ3n) is 8.72. The van der Waals surface area contributed by atoms with Crippen LogP contribution in [0.3, 0.4) is 0 Å². The number of phenolic OH excluding ortho intramolecular Hbond substituents is 1. The summed E-state index contributed by atoms with van der Waals surface area (Å²) in [6.45, 7) is 7.41. The average Bonchev–Trinajstić information content (AvgIpc) is 2.86. The van der Waals surface area contributed by atoms with Crippen LogP contribution >= 0.6 is 0 Å². The first-order valence-electron chi connectivity index (χ1n) is 12.2. The number of para-hydroxylation sites is 1. The molecule has 1 N–H and O–H groups in total. The maximum absolute atomic E-state index is 13.7. The van der Waals surface area contributed by atoms with Crippen LogP contribution in [0.2, 0.25) is 0 Å². The van der Waals surface area contributed by atoms with Crippen LogP contribution in [0, 0.1) is 5.41 Å². The lowest BCUT2D eigenvalue weighted by molar-refractivity contribution is -0.0266. The first kappa shape index (κ1) is 23.2. The van der Waals surface area contributed by atoms with E-state index in [4.69, 9.17) is 0 Å². The van der Waals surface area contributed by atoms with Gasteiger partial charge in [-0.3, -0.25) is 9.59 Å². The fraction of sp³-hybridized carbons (Fsp3) is 0.333. The van der Waals surface area contributed by atoms with Gasteiger partial charge >= 0.3 is 0 Å². The van der Waals surface area contributed by atoms with E-state index in [2.05, 4.69) is 26.8 Å². The van der Waals surface area contributed by atoms with E-state index < -0.39 is 0 Å². The highest BCUT2D eigenvalue weighted by Gasteiger charge is 2.57. The molecule has 3 aromatic carbocycles. The van der Waals surface area contributed by atoms with Crippen LogP contribution in [-0.4, -0.2) is 41.5 Å². The third-order valence-corrected chi connectivity index (χ3v) is 8.72. The largest absolute Gasteiger partial charge is 0.508 e. The molecular weight excluding hydrogens is 436 g/mol. The summed E-state index contributed by atoms with van der Waals surface area (Å²) in [5.74, 6) is 0.165. The highest BCUT2D eigenvalue weighted by molar-refractivity contribution is 6.06. The van der Waals surface area contributed by atoms with Gasteiger partial charge in [0.05, 0.1) is 0 Å². The van der Waals surface area contributed by atoms with Crippen LogP contribution in [0.15, 0.2) is 72.8 Å². The van der Waals surface area contributed by atoms with Crippen molar-refractivity contribution in [1.29, 1.82) is 0 Å². The Morgan fingerprint density at radius 3 is 2.26 bits per heavy atom. The fourth-order valence-electron chi connectivity index (χ4n) is 6.05. The van der Waals surface area contributed by atoms with Crippen LogP contribution in [0.1, 0.15) is 59.0 Å². The smallest absolute Gasteiger partial charge is 0.258 e. The van der Waals surface area contributed by atoms with Crippen molar-refractivity contribution in [1.82, 2.24) is 4.90 Å². The number of likely N-dealkylation sites (tertiary alicyclic amines) is 1. The number of fused-ring (bicyclic) bond motifs is 4. The number of aromatic hydroxyl groups is 1. The molecule has 1 unspecified atom stereocenters. The molecule has 1 aliphatic heterocycles. The Kier molecular flexibility index (Phi) is 5.47. The van der Waals surface area contributed by atoms with Crippen LogP contribution in [0.25, 0.3) is 0 Å². The standard InChI is InChI=1S/C30H32N2O3/c1-29(2)26-19-23-24(11-8-12-25(23)33)30(29,3)17-18-32(26)28(35)21-15-13-20(14-16-21)27(34)31(4)22-9-6-5-7-10-22/h5-16,26,33H,17-19H2,1-4H3/t26?,30-/m0/s1. The van der Waals surface area contributed by atoms with Gasteiger partial charge in [0.25, 0.3) is 11.8 Å². The summed E-state index contributed by atoms with van der Waals surface area (Å²) in [6, 6.07) is 22.2. The number of phenols is 1. The molecule has 5 nitrogen and oxygen atoms in total. The van der Waals surface area contributed by atoms with Gasteiger partial charge < -0.3 is 14.9 Å². The Balaban J connectivity index is 1.41. The molecule has 180 valence electrons. The first-order chi connectivity index (χ1) is 16.6. The topological polar surface area (TPSA) is 60.9 Å². The fourth-order valence-corrected chi connectivity index (χ4v) is 6.05. The molecule has 0 aromatic heterocycles. The van der Waals surface area contributed by atoms with E-state index in [1.54, 1.807) is 42.3 Å². The van der Waals surface area contributed by atoms with E-state index in [0.717, 1.165) is 17.7 Å². The molecule has 1 saturated heterocycles. The second kappa shape index (κ2) is 8.26. The summed E-state index contributed by atoms with van der Waals surface area (Å²) in [6.07, 6.45) is 1.46. The minimum atomic E-state index is -0.157. The number of anilines is 1. The molecule has 0 saturated carbocycles. The Morgan fingerprint density at radius 1 is 0.914 bits per heavy atom. The number of nitrogens with zero attached hydrogens (tertiary/aromatic N) is 2. The average molecular weight is 469 g/mol. The Hall–Kier alpha value is -3.60. The molecule has 35 heavy (non-hydrogen) atoms. The maximum Gasteiger partial charge on any atom is 0.258 e. The van der Waals surface area contributed by atoms with Crippen molar-refractivity contribution in [2.24, 2.45) is 5.41 Å². The van der Waals surface area contributed by atoms with Gasteiger partial charge in [-0.15, -0.1) is 0 Å². The van der Waals surface area contributed by atoms with Gasteiger partial charge in [-0.05, 0) is 71.8 Å². The molecule has 2 atom stereocenters. The number of hydrogen-bond donors (Lipinski definition) is 1. The van der Waals surface area contributed by atoms with Gasteiger partial charge in [0.15, 0.2) is 0 Å². The van der Waals surface area contributed by atoms with Crippen molar-refractivity contribution < 1.29 is 14.7 Å². The van der Waals surface area contributed by atoms with Crippen LogP contribution in [-0.2, 0) is 11.8 Å². The van der Waals surface area contributed by atoms with Gasteiger partial charge in [0.2, 0.25) is 0 Å². The summed E-state index contributed by atoms with van der Waals surface area (Å²) >= 11 is 0. The highest BCUT2D eigenvalue weighted by Crippen LogP contribution is 2.57. The van der Waals surface area contributed by atoms with Crippen molar-refractivity contribution in [3.8, 4) is 5.75 Å². The predicted molar refractivity (Wildman–Crippen MR) is 138 cm³/mol. The molecular formula is C30H32N2O3. The van der Waals surface area contributed by atoms with E-state index >= 15 is 0 Å². The number of piperidine rings is 1. The molecule has 1 heterocycles. The van der Waals surface area contributed by atoms with E-state index in [1.165, 1.54) is 5.56 Å². The van der Waals surface area contributed by atoms with E-state index in [0.29, 0.717) is 29.8 Å². The quantitative estimate of drug-likeness (QED) is 0.558. The molecule has 1 aliphatic carbocycles. The van der Waals surface area contributed by atoms with Crippen LogP contribution in [0.4, 0.5) is 5.69 Å². The molecule has 0 radical (unpaired) electrons. The number of carbonyl (C=O) groups excluding carboxylic acids is 2. The number of carbonyl (C=O) groups is 2. The van der Waals surface area contributed by atoms with Crippen molar-refractivity contribution in [3.63, 3.8) is 0 Å². The second-order valence-electron chi connectivity index (χ2n) is 10.6. The normalized spacial score (nSPS) is 22.3. The zero-order chi connectivity index (χ0) is 25.0. The summed E-state index contributed by atoms with van der Waals surface area (Å²) in [5.41, 5.74) is 3.81. The third kappa shape index (κ3) is 3.53. The first-order valence-corrected chi connectivity index (χ1v) is 12.2. The Morgan fingerprint density at radius 2 is 1.57 bits per heavy atom. The van der Waals surface area contributed by atoms with Gasteiger partial charge in [-0.25, -0.2) is 0 Å². The SMILES string of the molecule is CN(C(=O)c1ccc(C(=O)N2CC[C@@]3(C)c4cccc(O)c4CC2C3(C)C)cc1)c1ccccc1. The maximum atomic E-state index is 13.7. The van der Waals surface area contributed by atoms with Crippen molar-refractivity contribution in [3.05, 3.63) is 95.1 Å². The molecule has 2 aliphatic rings. The van der Waals surface area contributed by atoms with Gasteiger partial charge in [0.1, 0.15) is 5.75 Å². The summed E-state index contributed by atoms with van der Waals surface area (Å²) in [7, 11) is 1.75. The van der Waals surface area contributed by atoms with Crippen molar-refractivity contribution in [2.75, 3.05) is 18.5 Å². The monoisotopic (exact) mass is 468 g/mol.